The first-order valence-corrected chi connectivity index (χ1v) is 6.57. The molecule has 0 bridgehead atoms. The Labute approximate surface area is 111 Å². The molecule has 1 saturated heterocycles. The first-order chi connectivity index (χ1) is 9.11. The summed E-state index contributed by atoms with van der Waals surface area (Å²) in [6.07, 6.45) is 1.10. The molecule has 4 nitrogen and oxygen atoms in total. The molecule has 1 aliphatic heterocycles. The van der Waals surface area contributed by atoms with E-state index in [1.807, 2.05) is 13.8 Å². The summed E-state index contributed by atoms with van der Waals surface area (Å²) in [6, 6.07) is 0.849. The van der Waals surface area contributed by atoms with Crippen LogP contribution in [0.4, 0.5) is 20.4 Å². The van der Waals surface area contributed by atoms with Gasteiger partial charge in [-0.25, -0.2) is 13.8 Å². The second kappa shape index (κ2) is 6.14. The van der Waals surface area contributed by atoms with Crippen molar-refractivity contribution in [2.75, 3.05) is 30.3 Å². The molecule has 1 aromatic rings. The number of aromatic nitrogens is 1. The van der Waals surface area contributed by atoms with Gasteiger partial charge in [0.25, 0.3) is 0 Å². The molecule has 2 heterocycles. The standard InChI is InChI=1S/C13H19F2N3O/c1-3-16-12-10(14)6-11(15)13(18-12)17-7-9-4-5-19-8(9)2/h6,8-9H,3-5,7H2,1-2H3,(H2,16,17,18). The number of hydrogen-bond acceptors (Lipinski definition) is 4. The van der Waals surface area contributed by atoms with Crippen LogP contribution in [0.1, 0.15) is 20.3 Å². The predicted molar refractivity (Wildman–Crippen MR) is 70.3 cm³/mol. The Hall–Kier alpha value is -1.43. The fraction of sp³-hybridized carbons (Fsp3) is 0.615. The summed E-state index contributed by atoms with van der Waals surface area (Å²) >= 11 is 0. The summed E-state index contributed by atoms with van der Waals surface area (Å²) in [4.78, 5) is 3.93. The van der Waals surface area contributed by atoms with E-state index in [0.717, 1.165) is 19.1 Å². The van der Waals surface area contributed by atoms with Gasteiger partial charge >= 0.3 is 0 Å². The summed E-state index contributed by atoms with van der Waals surface area (Å²) < 4.78 is 32.5. The van der Waals surface area contributed by atoms with Crippen molar-refractivity contribution >= 4 is 11.6 Å². The van der Waals surface area contributed by atoms with Crippen molar-refractivity contribution in [2.24, 2.45) is 5.92 Å². The van der Waals surface area contributed by atoms with Crippen LogP contribution in [0.2, 0.25) is 0 Å². The molecule has 1 fully saturated rings. The molecule has 0 radical (unpaired) electrons. The van der Waals surface area contributed by atoms with E-state index in [-0.39, 0.29) is 17.7 Å². The lowest BCUT2D eigenvalue weighted by molar-refractivity contribution is 0.108. The second-order valence-electron chi connectivity index (χ2n) is 4.69. The van der Waals surface area contributed by atoms with Gasteiger partial charge in [-0.2, -0.15) is 0 Å². The van der Waals surface area contributed by atoms with Crippen LogP contribution in [0.25, 0.3) is 0 Å². The van der Waals surface area contributed by atoms with Crippen LogP contribution >= 0.6 is 0 Å². The Morgan fingerprint density at radius 2 is 2.00 bits per heavy atom. The van der Waals surface area contributed by atoms with Gasteiger partial charge in [-0.3, -0.25) is 0 Å². The van der Waals surface area contributed by atoms with Crippen molar-refractivity contribution < 1.29 is 13.5 Å². The SMILES string of the molecule is CCNc1nc(NCC2CCOC2C)c(F)cc1F. The topological polar surface area (TPSA) is 46.2 Å². The predicted octanol–water partition coefficient (Wildman–Crippen LogP) is 2.63. The molecule has 0 aromatic carbocycles. The van der Waals surface area contributed by atoms with E-state index in [2.05, 4.69) is 15.6 Å². The average Bonchev–Trinajstić information content (AvgIpc) is 2.77. The van der Waals surface area contributed by atoms with E-state index in [9.17, 15) is 8.78 Å². The van der Waals surface area contributed by atoms with Crippen LogP contribution in [0, 0.1) is 17.6 Å². The molecule has 6 heteroatoms. The maximum Gasteiger partial charge on any atom is 0.168 e. The smallest absolute Gasteiger partial charge is 0.168 e. The van der Waals surface area contributed by atoms with Crippen molar-refractivity contribution in [3.05, 3.63) is 17.7 Å². The summed E-state index contributed by atoms with van der Waals surface area (Å²) in [5, 5.41) is 5.70. The number of nitrogens with zero attached hydrogens (tertiary/aromatic N) is 1. The van der Waals surface area contributed by atoms with Crippen molar-refractivity contribution in [2.45, 2.75) is 26.4 Å². The fourth-order valence-corrected chi connectivity index (χ4v) is 2.15. The first-order valence-electron chi connectivity index (χ1n) is 6.57. The zero-order valence-electron chi connectivity index (χ0n) is 11.2. The van der Waals surface area contributed by atoms with Crippen molar-refractivity contribution in [1.82, 2.24) is 4.98 Å². The number of hydrogen-bond donors (Lipinski definition) is 2. The molecular formula is C13H19F2N3O. The molecule has 106 valence electrons. The fourth-order valence-electron chi connectivity index (χ4n) is 2.15. The lowest BCUT2D eigenvalue weighted by Gasteiger charge is -2.16. The van der Waals surface area contributed by atoms with Crippen LogP contribution in [-0.2, 0) is 4.74 Å². The third-order valence-corrected chi connectivity index (χ3v) is 3.34. The highest BCUT2D eigenvalue weighted by Crippen LogP contribution is 2.23. The molecule has 1 aliphatic rings. The van der Waals surface area contributed by atoms with Crippen molar-refractivity contribution in [3.8, 4) is 0 Å². The summed E-state index contributed by atoms with van der Waals surface area (Å²) in [5.41, 5.74) is 0. The normalized spacial score (nSPS) is 22.5. The van der Waals surface area contributed by atoms with Crippen LogP contribution in [0.3, 0.4) is 0 Å². The molecule has 0 spiro atoms. The second-order valence-corrected chi connectivity index (χ2v) is 4.69. The van der Waals surface area contributed by atoms with Gasteiger partial charge in [-0.05, 0) is 20.3 Å². The van der Waals surface area contributed by atoms with E-state index in [4.69, 9.17) is 4.74 Å². The maximum absolute atomic E-state index is 13.6. The van der Waals surface area contributed by atoms with E-state index < -0.39 is 11.6 Å². The lowest BCUT2D eigenvalue weighted by Crippen LogP contribution is -2.22. The highest BCUT2D eigenvalue weighted by Gasteiger charge is 2.24. The number of pyridine rings is 1. The molecule has 1 aromatic heterocycles. The van der Waals surface area contributed by atoms with E-state index >= 15 is 0 Å². The lowest BCUT2D eigenvalue weighted by atomic mass is 10.0. The highest BCUT2D eigenvalue weighted by atomic mass is 19.1. The van der Waals surface area contributed by atoms with Gasteiger partial charge in [0, 0.05) is 31.7 Å². The van der Waals surface area contributed by atoms with Gasteiger partial charge in [-0.1, -0.05) is 0 Å². The summed E-state index contributed by atoms with van der Waals surface area (Å²) in [7, 11) is 0. The molecule has 0 aliphatic carbocycles. The molecule has 2 rings (SSSR count). The van der Waals surface area contributed by atoms with Gasteiger partial charge in [0.1, 0.15) is 0 Å². The Balaban J connectivity index is 2.04. The third-order valence-electron chi connectivity index (χ3n) is 3.34. The number of nitrogens with one attached hydrogen (secondary N) is 2. The van der Waals surface area contributed by atoms with Crippen LogP contribution < -0.4 is 10.6 Å². The van der Waals surface area contributed by atoms with Crippen molar-refractivity contribution in [3.63, 3.8) is 0 Å². The van der Waals surface area contributed by atoms with Gasteiger partial charge in [-0.15, -0.1) is 0 Å². The minimum absolute atomic E-state index is 0.0714. The zero-order chi connectivity index (χ0) is 13.8. The molecule has 0 amide bonds. The quantitative estimate of drug-likeness (QED) is 0.864. The van der Waals surface area contributed by atoms with Crippen molar-refractivity contribution in [1.29, 1.82) is 0 Å². The molecule has 0 saturated carbocycles. The zero-order valence-corrected chi connectivity index (χ0v) is 11.2. The van der Waals surface area contributed by atoms with Gasteiger partial charge in [0.05, 0.1) is 6.10 Å². The molecule has 19 heavy (non-hydrogen) atoms. The Kier molecular flexibility index (Phi) is 4.52. The number of ether oxygens (including phenoxy) is 1. The molecule has 2 N–H and O–H groups in total. The van der Waals surface area contributed by atoms with Gasteiger partial charge < -0.3 is 15.4 Å². The number of halogens is 2. The third kappa shape index (κ3) is 3.32. The monoisotopic (exact) mass is 271 g/mol. The van der Waals surface area contributed by atoms with Crippen LogP contribution in [-0.4, -0.2) is 30.8 Å². The highest BCUT2D eigenvalue weighted by molar-refractivity contribution is 5.47. The first kappa shape index (κ1) is 14.0. The van der Waals surface area contributed by atoms with Gasteiger partial charge in [0.15, 0.2) is 23.3 Å². The largest absolute Gasteiger partial charge is 0.378 e. The number of rotatable bonds is 5. The molecular weight excluding hydrogens is 252 g/mol. The molecule has 2 unspecified atom stereocenters. The van der Waals surface area contributed by atoms with Crippen LogP contribution in [0.5, 0.6) is 0 Å². The number of anilines is 2. The Morgan fingerprint density at radius 3 is 2.58 bits per heavy atom. The van der Waals surface area contributed by atoms with Crippen LogP contribution in [0.15, 0.2) is 6.07 Å². The van der Waals surface area contributed by atoms with E-state index in [1.54, 1.807) is 0 Å². The maximum atomic E-state index is 13.6. The Morgan fingerprint density at radius 1 is 1.32 bits per heavy atom. The van der Waals surface area contributed by atoms with E-state index in [0.29, 0.717) is 19.0 Å². The Bertz CT molecular complexity index is 442. The molecule has 2 atom stereocenters. The van der Waals surface area contributed by atoms with Gasteiger partial charge in [0.2, 0.25) is 0 Å². The summed E-state index contributed by atoms with van der Waals surface area (Å²) in [5.74, 6) is -0.874. The minimum atomic E-state index is -0.678. The minimum Gasteiger partial charge on any atom is -0.378 e. The van der Waals surface area contributed by atoms with E-state index in [1.165, 1.54) is 0 Å². The summed E-state index contributed by atoms with van der Waals surface area (Å²) in [6.45, 7) is 5.66. The average molecular weight is 271 g/mol.